The normalized spacial score (nSPS) is 14.3. The lowest BCUT2D eigenvalue weighted by Gasteiger charge is -2.23. The van der Waals surface area contributed by atoms with Gasteiger partial charge in [-0.05, 0) is 50.6 Å². The Balaban J connectivity index is 1.57. The van der Waals surface area contributed by atoms with Gasteiger partial charge in [-0.25, -0.2) is 14.3 Å². The Bertz CT molecular complexity index is 1390. The standard InChI is InChI=1S/C24H26N8O2/c1-3-11-31-23(33)19-15-27-24(28-17-12-16(2)13-26-14-17)30-22(19)32(31)20-5-4-6-21(29-20)34-18-7-9-25-10-8-18/h3-6,12-15,18,25H,1,7-11H2,2H3,(H,27,28,30). The highest BCUT2D eigenvalue weighted by atomic mass is 16.5. The predicted molar refractivity (Wildman–Crippen MR) is 130 cm³/mol. The second-order valence-electron chi connectivity index (χ2n) is 8.20. The van der Waals surface area contributed by atoms with Crippen LogP contribution in [-0.4, -0.2) is 48.5 Å². The smallest absolute Gasteiger partial charge is 0.278 e. The van der Waals surface area contributed by atoms with Crippen LogP contribution >= 0.6 is 0 Å². The molecule has 10 heteroatoms. The van der Waals surface area contributed by atoms with E-state index in [2.05, 4.69) is 32.2 Å². The molecular formula is C24H26N8O2. The average molecular weight is 459 g/mol. The summed E-state index contributed by atoms with van der Waals surface area (Å²) >= 11 is 0. The number of fused-ring (bicyclic) bond motifs is 1. The van der Waals surface area contributed by atoms with E-state index in [0.29, 0.717) is 35.2 Å². The maximum Gasteiger partial charge on any atom is 0.278 e. The number of allylic oxidation sites excluding steroid dienone is 1. The number of aryl methyl sites for hydroxylation is 1. The first kappa shape index (κ1) is 21.8. The van der Waals surface area contributed by atoms with Crippen molar-refractivity contribution in [2.75, 3.05) is 18.4 Å². The number of anilines is 2. The second kappa shape index (κ2) is 9.44. The Hall–Kier alpha value is -4.05. The predicted octanol–water partition coefficient (Wildman–Crippen LogP) is 2.74. The van der Waals surface area contributed by atoms with Crippen LogP contribution in [0.25, 0.3) is 16.9 Å². The SMILES string of the molecule is C=CCn1c(=O)c2cnc(Nc3cncc(C)c3)nc2n1-c1cccc(OC2CCNCC2)n1. The number of piperidine rings is 1. The number of hydrogen-bond donors (Lipinski definition) is 2. The molecular weight excluding hydrogens is 432 g/mol. The Morgan fingerprint density at radius 1 is 1.24 bits per heavy atom. The van der Waals surface area contributed by atoms with Crippen molar-refractivity contribution in [1.82, 2.24) is 34.6 Å². The third-order valence-electron chi connectivity index (χ3n) is 5.61. The first-order valence-corrected chi connectivity index (χ1v) is 11.3. The molecule has 0 amide bonds. The van der Waals surface area contributed by atoms with Gasteiger partial charge in [0.1, 0.15) is 11.5 Å². The highest BCUT2D eigenvalue weighted by Crippen LogP contribution is 2.21. The van der Waals surface area contributed by atoms with Crippen LogP contribution in [0.5, 0.6) is 5.88 Å². The summed E-state index contributed by atoms with van der Waals surface area (Å²) in [6, 6.07) is 7.47. The zero-order chi connectivity index (χ0) is 23.5. The van der Waals surface area contributed by atoms with Crippen molar-refractivity contribution in [3.8, 4) is 11.7 Å². The van der Waals surface area contributed by atoms with Crippen LogP contribution in [0, 0.1) is 6.92 Å². The van der Waals surface area contributed by atoms with Crippen LogP contribution in [-0.2, 0) is 6.54 Å². The van der Waals surface area contributed by atoms with Crippen molar-refractivity contribution in [2.24, 2.45) is 0 Å². The summed E-state index contributed by atoms with van der Waals surface area (Å²) in [5, 5.41) is 6.88. The molecule has 0 saturated carbocycles. The van der Waals surface area contributed by atoms with E-state index in [9.17, 15) is 4.79 Å². The fourth-order valence-electron chi connectivity index (χ4n) is 4.03. The van der Waals surface area contributed by atoms with Gasteiger partial charge in [0, 0.05) is 18.5 Å². The van der Waals surface area contributed by atoms with E-state index in [4.69, 9.17) is 9.72 Å². The maximum absolute atomic E-state index is 13.1. The summed E-state index contributed by atoms with van der Waals surface area (Å²) in [6.07, 6.45) is 8.62. The molecule has 5 rings (SSSR count). The van der Waals surface area contributed by atoms with Crippen molar-refractivity contribution in [2.45, 2.75) is 32.4 Å². The monoisotopic (exact) mass is 458 g/mol. The molecule has 1 aliphatic rings. The number of pyridine rings is 2. The molecule has 0 unspecified atom stereocenters. The molecule has 0 bridgehead atoms. The molecule has 5 heterocycles. The van der Waals surface area contributed by atoms with Crippen molar-refractivity contribution in [1.29, 1.82) is 0 Å². The molecule has 4 aromatic rings. The minimum Gasteiger partial charge on any atom is -0.474 e. The van der Waals surface area contributed by atoms with Gasteiger partial charge in [0.15, 0.2) is 11.5 Å². The molecule has 174 valence electrons. The molecule has 0 aliphatic carbocycles. The summed E-state index contributed by atoms with van der Waals surface area (Å²) in [6.45, 7) is 7.90. The number of rotatable bonds is 7. The average Bonchev–Trinajstić information content (AvgIpc) is 3.11. The zero-order valence-electron chi connectivity index (χ0n) is 18.9. The van der Waals surface area contributed by atoms with Gasteiger partial charge >= 0.3 is 0 Å². The van der Waals surface area contributed by atoms with Gasteiger partial charge in [-0.1, -0.05) is 12.1 Å². The van der Waals surface area contributed by atoms with Crippen LogP contribution in [0.2, 0.25) is 0 Å². The highest BCUT2D eigenvalue weighted by molar-refractivity contribution is 5.77. The van der Waals surface area contributed by atoms with Crippen molar-refractivity contribution in [3.05, 3.63) is 71.4 Å². The second-order valence-corrected chi connectivity index (χ2v) is 8.20. The largest absolute Gasteiger partial charge is 0.474 e. The van der Waals surface area contributed by atoms with Gasteiger partial charge in [0.2, 0.25) is 11.8 Å². The van der Waals surface area contributed by atoms with E-state index in [0.717, 1.165) is 37.2 Å². The van der Waals surface area contributed by atoms with Crippen LogP contribution in [0.15, 0.2) is 60.3 Å². The van der Waals surface area contributed by atoms with Crippen molar-refractivity contribution >= 4 is 22.7 Å². The van der Waals surface area contributed by atoms with E-state index < -0.39 is 0 Å². The van der Waals surface area contributed by atoms with Crippen molar-refractivity contribution < 1.29 is 4.74 Å². The molecule has 1 saturated heterocycles. The van der Waals surface area contributed by atoms with Gasteiger partial charge in [-0.2, -0.15) is 9.97 Å². The zero-order valence-corrected chi connectivity index (χ0v) is 18.9. The number of nitrogens with zero attached hydrogens (tertiary/aromatic N) is 6. The van der Waals surface area contributed by atoms with Crippen LogP contribution in [0.3, 0.4) is 0 Å². The third kappa shape index (κ3) is 4.40. The van der Waals surface area contributed by atoms with Crippen LogP contribution in [0.4, 0.5) is 11.6 Å². The lowest BCUT2D eigenvalue weighted by atomic mass is 10.1. The third-order valence-corrected chi connectivity index (χ3v) is 5.61. The van der Waals surface area contributed by atoms with Gasteiger partial charge in [0.05, 0.1) is 18.4 Å². The number of hydrogen-bond acceptors (Lipinski definition) is 8. The molecule has 10 nitrogen and oxygen atoms in total. The van der Waals surface area contributed by atoms with Gasteiger partial charge in [0.25, 0.3) is 5.56 Å². The Morgan fingerprint density at radius 3 is 2.88 bits per heavy atom. The molecule has 1 aliphatic heterocycles. The van der Waals surface area contributed by atoms with Gasteiger partial charge in [-0.15, -0.1) is 6.58 Å². The van der Waals surface area contributed by atoms with Crippen LogP contribution in [0.1, 0.15) is 18.4 Å². The molecule has 4 aromatic heterocycles. The minimum absolute atomic E-state index is 0.113. The fraction of sp³-hybridized carbons (Fsp3) is 0.292. The minimum atomic E-state index is -0.217. The van der Waals surface area contributed by atoms with E-state index in [1.54, 1.807) is 27.8 Å². The first-order chi connectivity index (χ1) is 16.6. The lowest BCUT2D eigenvalue weighted by Crippen LogP contribution is -2.34. The van der Waals surface area contributed by atoms with E-state index >= 15 is 0 Å². The Labute approximate surface area is 196 Å². The number of ether oxygens (including phenoxy) is 1. The first-order valence-electron chi connectivity index (χ1n) is 11.3. The molecule has 1 fully saturated rings. The summed E-state index contributed by atoms with van der Waals surface area (Å²) in [4.78, 5) is 31.0. The Morgan fingerprint density at radius 2 is 2.09 bits per heavy atom. The molecule has 0 spiro atoms. The van der Waals surface area contributed by atoms with Crippen LogP contribution < -0.4 is 20.9 Å². The van der Waals surface area contributed by atoms with Gasteiger partial charge < -0.3 is 15.4 Å². The summed E-state index contributed by atoms with van der Waals surface area (Å²) in [5.41, 5.74) is 1.99. The van der Waals surface area contributed by atoms with E-state index in [1.165, 1.54) is 6.20 Å². The lowest BCUT2D eigenvalue weighted by molar-refractivity contribution is 0.156. The quantitative estimate of drug-likeness (QED) is 0.407. The summed E-state index contributed by atoms with van der Waals surface area (Å²) in [7, 11) is 0. The number of nitrogens with one attached hydrogen (secondary N) is 2. The maximum atomic E-state index is 13.1. The molecule has 0 radical (unpaired) electrons. The molecule has 0 atom stereocenters. The molecule has 0 aromatic carbocycles. The van der Waals surface area contributed by atoms with Gasteiger partial charge in [-0.3, -0.25) is 9.78 Å². The topological polar surface area (TPSA) is 112 Å². The molecule has 2 N–H and O–H groups in total. The summed E-state index contributed by atoms with van der Waals surface area (Å²) in [5.74, 6) is 1.40. The van der Waals surface area contributed by atoms with Crippen molar-refractivity contribution in [3.63, 3.8) is 0 Å². The number of aromatic nitrogens is 6. The molecule has 34 heavy (non-hydrogen) atoms. The Kier molecular flexibility index (Phi) is 6.05. The van der Waals surface area contributed by atoms with E-state index in [1.807, 2.05) is 31.2 Å². The highest BCUT2D eigenvalue weighted by Gasteiger charge is 2.19. The van der Waals surface area contributed by atoms with E-state index in [-0.39, 0.29) is 11.7 Å². The summed E-state index contributed by atoms with van der Waals surface area (Å²) < 4.78 is 9.36. The fourth-order valence-corrected chi connectivity index (χ4v) is 4.03.